The van der Waals surface area contributed by atoms with Crippen LogP contribution >= 0.6 is 0 Å². The number of nitrogens with zero attached hydrogens (tertiary/aromatic N) is 1. The van der Waals surface area contributed by atoms with Gasteiger partial charge in [-0.25, -0.2) is 0 Å². The Morgan fingerprint density at radius 3 is 2.50 bits per heavy atom. The molecule has 154 valence electrons. The van der Waals surface area contributed by atoms with Crippen LogP contribution in [0.1, 0.15) is 68.3 Å². The molecule has 2 aliphatic rings. The zero-order chi connectivity index (χ0) is 20.3. The first-order valence-corrected chi connectivity index (χ1v) is 10.5. The monoisotopic (exact) mass is 385 g/mol. The van der Waals surface area contributed by atoms with Crippen molar-refractivity contribution in [3.05, 3.63) is 41.6 Å². The van der Waals surface area contributed by atoms with Gasteiger partial charge < -0.3 is 14.4 Å². The number of amides is 1. The highest BCUT2D eigenvalue weighted by Crippen LogP contribution is 2.40. The molecule has 0 saturated heterocycles. The minimum Gasteiger partial charge on any atom is -0.493 e. The van der Waals surface area contributed by atoms with Gasteiger partial charge in [-0.2, -0.15) is 0 Å². The number of carbonyl (C=O) groups excluding carboxylic acids is 1. The first-order chi connectivity index (χ1) is 13.3. The van der Waals surface area contributed by atoms with Gasteiger partial charge in [0.25, 0.3) is 5.91 Å². The van der Waals surface area contributed by atoms with Crippen molar-refractivity contribution in [2.75, 3.05) is 20.8 Å². The van der Waals surface area contributed by atoms with Crippen molar-refractivity contribution < 1.29 is 14.3 Å². The maximum absolute atomic E-state index is 13.1. The number of rotatable bonds is 8. The largest absolute Gasteiger partial charge is 0.493 e. The molecule has 4 heteroatoms. The Morgan fingerprint density at radius 2 is 1.93 bits per heavy atom. The molecule has 0 spiro atoms. The Morgan fingerprint density at radius 1 is 1.25 bits per heavy atom. The second-order valence-corrected chi connectivity index (χ2v) is 9.10. The highest BCUT2D eigenvalue weighted by atomic mass is 16.5. The molecule has 0 N–H and O–H groups in total. The lowest BCUT2D eigenvalue weighted by Crippen LogP contribution is -2.31. The van der Waals surface area contributed by atoms with Gasteiger partial charge in [0.05, 0.1) is 12.7 Å². The van der Waals surface area contributed by atoms with Crippen molar-refractivity contribution >= 4 is 5.91 Å². The molecule has 0 aliphatic heterocycles. The lowest BCUT2D eigenvalue weighted by atomic mass is 9.70. The molecule has 3 rings (SSSR count). The van der Waals surface area contributed by atoms with Crippen molar-refractivity contribution in [1.29, 1.82) is 0 Å². The van der Waals surface area contributed by atoms with Crippen LogP contribution in [-0.4, -0.2) is 37.7 Å². The summed E-state index contributed by atoms with van der Waals surface area (Å²) in [6.45, 7) is 8.88. The zero-order valence-electron chi connectivity index (χ0n) is 17.9. The van der Waals surface area contributed by atoms with E-state index < -0.39 is 0 Å². The standard InChI is InChI=1S/C24H35NO3/c1-17(2)25(4)23(26)22-14-21(28-16-18-6-7-18)9-8-19(22)15-24(3)12-10-20(27-5)11-13-24/h8-9,14,18,20H,1,6-7,10-13,15-16H2,2-5H3. The van der Waals surface area contributed by atoms with Crippen LogP contribution in [0.4, 0.5) is 0 Å². The Labute approximate surface area is 169 Å². The van der Waals surface area contributed by atoms with Crippen molar-refractivity contribution in [3.63, 3.8) is 0 Å². The van der Waals surface area contributed by atoms with Crippen LogP contribution < -0.4 is 4.74 Å². The molecule has 2 fully saturated rings. The minimum atomic E-state index is -0.00597. The number of hydrogen-bond acceptors (Lipinski definition) is 3. The van der Waals surface area contributed by atoms with E-state index in [0.717, 1.165) is 61.3 Å². The first-order valence-electron chi connectivity index (χ1n) is 10.5. The molecule has 0 unspecified atom stereocenters. The van der Waals surface area contributed by atoms with E-state index >= 15 is 0 Å². The summed E-state index contributed by atoms with van der Waals surface area (Å²) in [6, 6.07) is 6.05. The third-order valence-electron chi connectivity index (χ3n) is 6.46. The van der Waals surface area contributed by atoms with Crippen LogP contribution in [-0.2, 0) is 11.2 Å². The molecule has 2 saturated carbocycles. The van der Waals surface area contributed by atoms with E-state index in [0.29, 0.717) is 12.0 Å². The highest BCUT2D eigenvalue weighted by molar-refractivity contribution is 5.97. The van der Waals surface area contributed by atoms with Gasteiger partial charge in [-0.3, -0.25) is 4.79 Å². The van der Waals surface area contributed by atoms with Crippen LogP contribution in [0.15, 0.2) is 30.5 Å². The number of hydrogen-bond donors (Lipinski definition) is 0. The molecule has 0 heterocycles. The second kappa shape index (κ2) is 8.69. The van der Waals surface area contributed by atoms with E-state index in [1.807, 2.05) is 19.1 Å². The smallest absolute Gasteiger partial charge is 0.258 e. The molecule has 1 amide bonds. The van der Waals surface area contributed by atoms with Gasteiger partial charge in [0.2, 0.25) is 0 Å². The summed E-state index contributed by atoms with van der Waals surface area (Å²) in [5.74, 6) is 1.47. The summed E-state index contributed by atoms with van der Waals surface area (Å²) >= 11 is 0. The molecule has 4 nitrogen and oxygen atoms in total. The normalized spacial score (nSPS) is 24.6. The zero-order valence-corrected chi connectivity index (χ0v) is 17.9. The van der Waals surface area contributed by atoms with Gasteiger partial charge in [0.1, 0.15) is 5.75 Å². The lowest BCUT2D eigenvalue weighted by Gasteiger charge is -2.37. The van der Waals surface area contributed by atoms with Crippen LogP contribution in [0.25, 0.3) is 0 Å². The number of ether oxygens (including phenoxy) is 2. The fourth-order valence-electron chi connectivity index (χ4n) is 4.01. The van der Waals surface area contributed by atoms with E-state index in [2.05, 4.69) is 19.6 Å². The molecular formula is C24H35NO3. The number of benzene rings is 1. The minimum absolute atomic E-state index is 0.00597. The highest BCUT2D eigenvalue weighted by Gasteiger charge is 2.33. The van der Waals surface area contributed by atoms with Gasteiger partial charge >= 0.3 is 0 Å². The fraction of sp³-hybridized carbons (Fsp3) is 0.625. The maximum atomic E-state index is 13.1. The molecule has 0 atom stereocenters. The van der Waals surface area contributed by atoms with E-state index in [4.69, 9.17) is 9.47 Å². The molecule has 2 aliphatic carbocycles. The SMILES string of the molecule is C=C(C)N(C)C(=O)c1cc(OCC2CC2)ccc1CC1(C)CCC(OC)CC1. The molecule has 1 aromatic carbocycles. The van der Waals surface area contributed by atoms with Crippen LogP contribution in [0.2, 0.25) is 0 Å². The molecular weight excluding hydrogens is 350 g/mol. The third-order valence-corrected chi connectivity index (χ3v) is 6.46. The van der Waals surface area contributed by atoms with Crippen molar-refractivity contribution in [2.24, 2.45) is 11.3 Å². The predicted octanol–water partition coefficient (Wildman–Crippen LogP) is 5.22. The van der Waals surface area contributed by atoms with Crippen LogP contribution in [0, 0.1) is 11.3 Å². The van der Waals surface area contributed by atoms with Gasteiger partial charge in [0.15, 0.2) is 0 Å². The Kier molecular flexibility index (Phi) is 6.49. The number of carbonyl (C=O) groups is 1. The van der Waals surface area contributed by atoms with Crippen molar-refractivity contribution in [2.45, 2.75) is 64.9 Å². The molecule has 28 heavy (non-hydrogen) atoms. The molecule has 0 bridgehead atoms. The number of methoxy groups -OCH3 is 1. The van der Waals surface area contributed by atoms with Gasteiger partial charge in [-0.1, -0.05) is 19.6 Å². The second-order valence-electron chi connectivity index (χ2n) is 9.10. The topological polar surface area (TPSA) is 38.8 Å². The first kappa shape index (κ1) is 20.9. The van der Waals surface area contributed by atoms with Crippen molar-refractivity contribution in [1.82, 2.24) is 4.90 Å². The molecule has 0 aromatic heterocycles. The summed E-state index contributed by atoms with van der Waals surface area (Å²) in [6.07, 6.45) is 8.20. The summed E-state index contributed by atoms with van der Waals surface area (Å²) < 4.78 is 11.5. The lowest BCUT2D eigenvalue weighted by molar-refractivity contribution is 0.0324. The summed E-state index contributed by atoms with van der Waals surface area (Å²) in [5, 5.41) is 0. The number of allylic oxidation sites excluding steroid dienone is 1. The average Bonchev–Trinajstić information content (AvgIpc) is 3.51. The summed E-state index contributed by atoms with van der Waals surface area (Å²) in [5.41, 5.74) is 2.79. The van der Waals surface area contributed by atoms with Crippen LogP contribution in [0.5, 0.6) is 5.75 Å². The van der Waals surface area contributed by atoms with Gasteiger partial charge in [0, 0.05) is 25.4 Å². The molecule has 1 aromatic rings. The predicted molar refractivity (Wildman–Crippen MR) is 113 cm³/mol. The van der Waals surface area contributed by atoms with Crippen LogP contribution in [0.3, 0.4) is 0 Å². The molecule has 0 radical (unpaired) electrons. The quantitative estimate of drug-likeness (QED) is 0.616. The van der Waals surface area contributed by atoms with E-state index in [9.17, 15) is 4.79 Å². The van der Waals surface area contributed by atoms with Gasteiger partial charge in [-0.15, -0.1) is 0 Å². The Bertz CT molecular complexity index is 715. The fourth-order valence-corrected chi connectivity index (χ4v) is 4.01. The van der Waals surface area contributed by atoms with E-state index in [1.54, 1.807) is 19.1 Å². The maximum Gasteiger partial charge on any atom is 0.258 e. The van der Waals surface area contributed by atoms with Gasteiger partial charge in [-0.05, 0) is 80.9 Å². The van der Waals surface area contributed by atoms with Crippen molar-refractivity contribution in [3.8, 4) is 5.75 Å². The Balaban J connectivity index is 1.81. The summed E-state index contributed by atoms with van der Waals surface area (Å²) in [4.78, 5) is 14.8. The third kappa shape index (κ3) is 5.16. The summed E-state index contributed by atoms with van der Waals surface area (Å²) in [7, 11) is 3.59. The van der Waals surface area contributed by atoms with E-state index in [-0.39, 0.29) is 11.3 Å². The average molecular weight is 386 g/mol. The van der Waals surface area contributed by atoms with E-state index in [1.165, 1.54) is 12.8 Å². The Hall–Kier alpha value is -1.81.